The molecule has 4 heteroatoms. The van der Waals surface area contributed by atoms with E-state index in [1.807, 2.05) is 12.3 Å². The van der Waals surface area contributed by atoms with Crippen molar-refractivity contribution in [3.63, 3.8) is 0 Å². The highest BCUT2D eigenvalue weighted by Crippen LogP contribution is 2.75. The van der Waals surface area contributed by atoms with Gasteiger partial charge < -0.3 is 5.11 Å². The van der Waals surface area contributed by atoms with Gasteiger partial charge in [-0.05, 0) is 72.5 Å². The van der Waals surface area contributed by atoms with Crippen LogP contribution in [-0.2, 0) is 9.59 Å². The summed E-state index contributed by atoms with van der Waals surface area (Å²) in [5.41, 5.74) is 0.322. The SMILES string of the molecule is CSCC(=O)[C@@]1(C)C(C)CC2C3C[C@H](C)C4=CC(=O)CC[C@]4(C)[C@@]3(C)[C@@H](O)C[C@@]21C. The van der Waals surface area contributed by atoms with Gasteiger partial charge in [0.05, 0.1) is 11.9 Å². The third-order valence-electron chi connectivity index (χ3n) is 11.2. The Hall–Kier alpha value is -0.610. The molecule has 168 valence electrons. The van der Waals surface area contributed by atoms with Crippen LogP contribution in [0.25, 0.3) is 0 Å². The van der Waals surface area contributed by atoms with Gasteiger partial charge in [0.1, 0.15) is 5.78 Å². The van der Waals surface area contributed by atoms with E-state index >= 15 is 0 Å². The van der Waals surface area contributed by atoms with Crippen LogP contribution < -0.4 is 0 Å². The number of allylic oxidation sites excluding steroid dienone is 1. The smallest absolute Gasteiger partial charge is 0.155 e. The standard InChI is InChI=1S/C26H40O3S/c1-15-10-20-19-11-16(2)25(5,22(29)14-30-7)24(19,4)13-21(28)26(20,6)23(3)9-8-17(27)12-18(15)23/h12,15-16,19-21,28H,8-11,13-14H2,1-7H3/t15-,16?,19?,20?,21-,23-,24-,25+,26+/m0/s1. The van der Waals surface area contributed by atoms with Gasteiger partial charge in [-0.3, -0.25) is 9.59 Å². The van der Waals surface area contributed by atoms with Gasteiger partial charge in [-0.1, -0.05) is 47.1 Å². The highest BCUT2D eigenvalue weighted by molar-refractivity contribution is 7.99. The van der Waals surface area contributed by atoms with Crippen molar-refractivity contribution in [3.8, 4) is 0 Å². The number of rotatable bonds is 3. The Labute approximate surface area is 186 Å². The maximum atomic E-state index is 13.4. The van der Waals surface area contributed by atoms with Crippen LogP contribution in [0.4, 0.5) is 0 Å². The number of carbonyl (C=O) groups is 2. The minimum absolute atomic E-state index is 0.143. The first-order valence-electron chi connectivity index (χ1n) is 11.8. The van der Waals surface area contributed by atoms with Crippen molar-refractivity contribution in [2.45, 2.75) is 79.8 Å². The first kappa shape index (κ1) is 22.6. The Balaban J connectivity index is 1.83. The fourth-order valence-electron chi connectivity index (χ4n) is 8.83. The molecule has 3 saturated carbocycles. The molecular formula is C26H40O3S. The molecule has 3 nitrogen and oxygen atoms in total. The van der Waals surface area contributed by atoms with E-state index < -0.39 is 6.10 Å². The van der Waals surface area contributed by atoms with Gasteiger partial charge in [0.25, 0.3) is 0 Å². The van der Waals surface area contributed by atoms with Crippen molar-refractivity contribution in [2.75, 3.05) is 12.0 Å². The van der Waals surface area contributed by atoms with Crippen LogP contribution in [-0.4, -0.2) is 34.8 Å². The van der Waals surface area contributed by atoms with E-state index in [9.17, 15) is 14.7 Å². The average molecular weight is 433 g/mol. The second-order valence-corrected chi connectivity index (χ2v) is 12.7. The van der Waals surface area contributed by atoms with Crippen LogP contribution in [0.3, 0.4) is 0 Å². The highest BCUT2D eigenvalue weighted by Gasteiger charge is 2.72. The minimum Gasteiger partial charge on any atom is -0.392 e. The molecule has 4 aliphatic carbocycles. The molecule has 0 aromatic heterocycles. The van der Waals surface area contributed by atoms with Crippen molar-refractivity contribution in [2.24, 2.45) is 45.3 Å². The second-order valence-electron chi connectivity index (χ2n) is 11.9. The van der Waals surface area contributed by atoms with Gasteiger partial charge in [0.2, 0.25) is 0 Å². The molecule has 3 fully saturated rings. The first-order chi connectivity index (χ1) is 13.9. The summed E-state index contributed by atoms with van der Waals surface area (Å²) in [4.78, 5) is 25.7. The molecule has 3 unspecified atom stereocenters. The number of hydrogen-bond donors (Lipinski definition) is 1. The zero-order chi connectivity index (χ0) is 22.3. The molecule has 0 aromatic carbocycles. The van der Waals surface area contributed by atoms with Crippen LogP contribution in [0.15, 0.2) is 11.6 Å². The fraction of sp³-hybridized carbons (Fsp3) is 0.846. The van der Waals surface area contributed by atoms with Crippen LogP contribution in [0, 0.1) is 45.3 Å². The summed E-state index contributed by atoms with van der Waals surface area (Å²) in [6.07, 6.45) is 7.68. The van der Waals surface area contributed by atoms with Crippen LogP contribution in [0.5, 0.6) is 0 Å². The molecule has 0 aliphatic heterocycles. The van der Waals surface area contributed by atoms with Crippen LogP contribution in [0.1, 0.15) is 73.6 Å². The van der Waals surface area contributed by atoms with Gasteiger partial charge in [-0.15, -0.1) is 0 Å². The Kier molecular flexibility index (Phi) is 5.22. The molecule has 0 saturated heterocycles. The lowest BCUT2D eigenvalue weighted by Gasteiger charge is -2.68. The Bertz CT molecular complexity index is 804. The molecule has 1 N–H and O–H groups in total. The van der Waals surface area contributed by atoms with Gasteiger partial charge in [-0.2, -0.15) is 11.8 Å². The van der Waals surface area contributed by atoms with Crippen molar-refractivity contribution in [1.82, 2.24) is 0 Å². The summed E-state index contributed by atoms with van der Waals surface area (Å²) in [5.74, 6) is 2.67. The van der Waals surface area contributed by atoms with Crippen molar-refractivity contribution < 1.29 is 14.7 Å². The van der Waals surface area contributed by atoms with E-state index in [2.05, 4.69) is 41.5 Å². The number of carbonyl (C=O) groups excluding carboxylic acids is 2. The molecule has 4 rings (SSSR count). The summed E-state index contributed by atoms with van der Waals surface area (Å²) >= 11 is 1.62. The lowest BCUT2D eigenvalue weighted by molar-refractivity contribution is -0.205. The number of aliphatic hydroxyl groups excluding tert-OH is 1. The Morgan fingerprint density at radius 3 is 2.47 bits per heavy atom. The molecule has 30 heavy (non-hydrogen) atoms. The first-order valence-corrected chi connectivity index (χ1v) is 13.2. The summed E-state index contributed by atoms with van der Waals surface area (Å²) in [6.45, 7) is 13.7. The number of thioether (sulfide) groups is 1. The van der Waals surface area contributed by atoms with Crippen LogP contribution in [0.2, 0.25) is 0 Å². The third kappa shape index (κ3) is 2.50. The molecular weight excluding hydrogens is 392 g/mol. The summed E-state index contributed by atoms with van der Waals surface area (Å²) in [6, 6.07) is 0. The normalized spacial score (nSPS) is 52.9. The lowest BCUT2D eigenvalue weighted by atomic mass is 9.37. The maximum absolute atomic E-state index is 13.4. The zero-order valence-electron chi connectivity index (χ0n) is 19.9. The predicted molar refractivity (Wildman–Crippen MR) is 123 cm³/mol. The van der Waals surface area contributed by atoms with Crippen molar-refractivity contribution in [1.29, 1.82) is 0 Å². The molecule has 0 aromatic rings. The number of Topliss-reactive ketones (excluding diaryl/α,β-unsaturated/α-hetero) is 1. The number of ketones is 2. The summed E-state index contributed by atoms with van der Waals surface area (Å²) in [5, 5.41) is 11.8. The van der Waals surface area contributed by atoms with Gasteiger partial charge in [-0.25, -0.2) is 0 Å². The predicted octanol–water partition coefficient (Wildman–Crippen LogP) is 5.31. The van der Waals surface area contributed by atoms with Gasteiger partial charge >= 0.3 is 0 Å². The maximum Gasteiger partial charge on any atom is 0.155 e. The number of aliphatic hydroxyl groups is 1. The monoisotopic (exact) mass is 432 g/mol. The number of fused-ring (bicyclic) bond motifs is 5. The Morgan fingerprint density at radius 1 is 1.17 bits per heavy atom. The van der Waals surface area contributed by atoms with E-state index in [1.54, 1.807) is 11.8 Å². The molecule has 0 amide bonds. The number of hydrogen-bond acceptors (Lipinski definition) is 4. The van der Waals surface area contributed by atoms with E-state index in [0.717, 1.165) is 19.3 Å². The average Bonchev–Trinajstić information content (AvgIpc) is 2.88. The summed E-state index contributed by atoms with van der Waals surface area (Å²) in [7, 11) is 0. The lowest BCUT2D eigenvalue weighted by Crippen LogP contribution is -2.65. The third-order valence-corrected chi connectivity index (χ3v) is 11.7. The zero-order valence-corrected chi connectivity index (χ0v) is 20.7. The molecule has 0 spiro atoms. The van der Waals surface area contributed by atoms with Crippen LogP contribution >= 0.6 is 11.8 Å². The summed E-state index contributed by atoms with van der Waals surface area (Å²) < 4.78 is 0. The fourth-order valence-corrected chi connectivity index (χ4v) is 9.39. The molecule has 4 aliphatic rings. The van der Waals surface area contributed by atoms with Crippen molar-refractivity contribution in [3.05, 3.63) is 11.6 Å². The highest BCUT2D eigenvalue weighted by atomic mass is 32.2. The molecule has 0 bridgehead atoms. The largest absolute Gasteiger partial charge is 0.392 e. The molecule has 9 atom stereocenters. The molecule has 0 radical (unpaired) electrons. The minimum atomic E-state index is -0.454. The second kappa shape index (κ2) is 6.94. The molecule has 0 heterocycles. The van der Waals surface area contributed by atoms with Gasteiger partial charge in [0, 0.05) is 17.3 Å². The Morgan fingerprint density at radius 2 is 1.83 bits per heavy atom. The van der Waals surface area contributed by atoms with E-state index in [0.29, 0.717) is 48.0 Å². The van der Waals surface area contributed by atoms with Gasteiger partial charge in [0.15, 0.2) is 5.78 Å². The van der Waals surface area contributed by atoms with E-state index in [4.69, 9.17) is 0 Å². The van der Waals surface area contributed by atoms with E-state index in [1.165, 1.54) is 5.57 Å². The quantitative estimate of drug-likeness (QED) is 0.657. The van der Waals surface area contributed by atoms with E-state index in [-0.39, 0.29) is 27.4 Å². The topological polar surface area (TPSA) is 54.4 Å². The van der Waals surface area contributed by atoms with Crippen molar-refractivity contribution >= 4 is 23.3 Å².